The number of fused-ring (bicyclic) bond motifs is 5. The standard InChI is InChI=1S/C30H24BrNO3S/c31-24-14-9-21-10-16-27-26(28(21)19-24)15-11-22-5-4-6-25(29(22)27)20-7-12-23(13-8-20)30(36(33,34)35)17-2-1-3-18-32-30/h1-3,5,7-10,12-14,16-19H,4,6,11,15H2,(H,33,34,35). The van der Waals surface area contributed by atoms with Crippen LogP contribution in [-0.4, -0.2) is 19.2 Å². The second-order valence-corrected chi connectivity index (χ2v) is 11.8. The minimum atomic E-state index is -4.53. The van der Waals surface area contributed by atoms with E-state index in [2.05, 4.69) is 57.3 Å². The van der Waals surface area contributed by atoms with Crippen LogP contribution in [0.15, 0.2) is 100 Å². The Balaban J connectivity index is 1.50. The highest BCUT2D eigenvalue weighted by molar-refractivity contribution is 9.10. The zero-order valence-electron chi connectivity index (χ0n) is 19.5. The summed E-state index contributed by atoms with van der Waals surface area (Å²) in [5, 5.41) is 2.53. The van der Waals surface area contributed by atoms with Gasteiger partial charge < -0.3 is 0 Å². The third-order valence-corrected chi connectivity index (χ3v) is 9.11. The molecule has 180 valence electrons. The van der Waals surface area contributed by atoms with Crippen LogP contribution in [0.1, 0.15) is 41.5 Å². The van der Waals surface area contributed by atoms with Crippen LogP contribution in [0.4, 0.5) is 0 Å². The Morgan fingerprint density at radius 3 is 2.53 bits per heavy atom. The molecule has 3 aromatic carbocycles. The normalized spacial score (nSPS) is 21.2. The molecule has 3 aromatic rings. The van der Waals surface area contributed by atoms with Gasteiger partial charge in [-0.1, -0.05) is 76.6 Å². The van der Waals surface area contributed by atoms with E-state index in [1.807, 2.05) is 12.1 Å². The van der Waals surface area contributed by atoms with Gasteiger partial charge in [0.2, 0.25) is 4.87 Å². The van der Waals surface area contributed by atoms with Crippen molar-refractivity contribution >= 4 is 54.2 Å². The predicted octanol–water partition coefficient (Wildman–Crippen LogP) is 7.42. The Morgan fingerprint density at radius 2 is 1.72 bits per heavy atom. The molecule has 36 heavy (non-hydrogen) atoms. The summed E-state index contributed by atoms with van der Waals surface area (Å²) in [6.07, 6.45) is 14.0. The van der Waals surface area contributed by atoms with Crippen LogP contribution < -0.4 is 0 Å². The minimum Gasteiger partial charge on any atom is -0.283 e. The summed E-state index contributed by atoms with van der Waals surface area (Å²) in [5.74, 6) is 0. The van der Waals surface area contributed by atoms with Crippen molar-refractivity contribution in [3.05, 3.63) is 117 Å². The van der Waals surface area contributed by atoms with Crippen LogP contribution in [0.2, 0.25) is 0 Å². The van der Waals surface area contributed by atoms with Gasteiger partial charge in [-0.25, -0.2) is 0 Å². The maximum Gasteiger partial charge on any atom is 0.299 e. The highest BCUT2D eigenvalue weighted by Gasteiger charge is 2.42. The first-order valence-electron chi connectivity index (χ1n) is 12.0. The van der Waals surface area contributed by atoms with E-state index < -0.39 is 15.0 Å². The molecule has 1 atom stereocenters. The highest BCUT2D eigenvalue weighted by atomic mass is 79.9. The molecule has 1 heterocycles. The third-order valence-electron chi connectivity index (χ3n) is 7.35. The SMILES string of the molecule is O=S(=O)(O)C1(c2ccc(C3=C4C(=CCC3)CCc3c4ccc4ccc(Br)cc34)cc2)C=CC=CC=N1. The van der Waals surface area contributed by atoms with Gasteiger partial charge >= 0.3 is 0 Å². The van der Waals surface area contributed by atoms with Crippen molar-refractivity contribution in [3.8, 4) is 0 Å². The Kier molecular flexibility index (Phi) is 5.71. The van der Waals surface area contributed by atoms with Crippen molar-refractivity contribution in [3.63, 3.8) is 0 Å². The summed E-state index contributed by atoms with van der Waals surface area (Å²) < 4.78 is 36.1. The first-order chi connectivity index (χ1) is 17.4. The number of nitrogens with zero attached hydrogens (tertiary/aromatic N) is 1. The van der Waals surface area contributed by atoms with Gasteiger partial charge in [0.25, 0.3) is 10.1 Å². The minimum absolute atomic E-state index is 0.405. The van der Waals surface area contributed by atoms with E-state index in [1.165, 1.54) is 50.9 Å². The molecule has 4 nitrogen and oxygen atoms in total. The molecule has 0 spiro atoms. The molecule has 0 saturated heterocycles. The van der Waals surface area contributed by atoms with Gasteiger partial charge in [0.1, 0.15) is 0 Å². The van der Waals surface area contributed by atoms with Gasteiger partial charge in [-0.2, -0.15) is 8.42 Å². The predicted molar refractivity (Wildman–Crippen MR) is 151 cm³/mol. The van der Waals surface area contributed by atoms with Crippen LogP contribution in [0.25, 0.3) is 21.9 Å². The summed E-state index contributed by atoms with van der Waals surface area (Å²) >= 11 is 3.64. The Morgan fingerprint density at radius 1 is 0.917 bits per heavy atom. The number of allylic oxidation sites excluding steroid dienone is 7. The number of hydrogen-bond acceptors (Lipinski definition) is 3. The fourth-order valence-corrected chi connectivity index (χ4v) is 6.90. The lowest BCUT2D eigenvalue weighted by Gasteiger charge is -2.30. The second kappa shape index (κ2) is 8.80. The maximum atomic E-state index is 12.4. The molecule has 1 unspecified atom stereocenters. The molecule has 6 heteroatoms. The lowest BCUT2D eigenvalue weighted by atomic mass is 9.74. The number of aryl methyl sites for hydroxylation is 1. The molecular formula is C30H24BrNO3S. The lowest BCUT2D eigenvalue weighted by molar-refractivity contribution is 0.452. The number of rotatable bonds is 3. The van der Waals surface area contributed by atoms with Crippen LogP contribution in [-0.2, 0) is 21.4 Å². The van der Waals surface area contributed by atoms with Gasteiger partial charge in [0.05, 0.1) is 0 Å². The number of aliphatic imine (C=N–C) groups is 1. The summed E-state index contributed by atoms with van der Waals surface area (Å²) in [4.78, 5) is 2.36. The molecule has 0 radical (unpaired) electrons. The van der Waals surface area contributed by atoms with E-state index in [0.29, 0.717) is 5.56 Å². The van der Waals surface area contributed by atoms with Crippen molar-refractivity contribution in [1.82, 2.24) is 0 Å². The van der Waals surface area contributed by atoms with Crippen molar-refractivity contribution in [2.45, 2.75) is 30.6 Å². The summed E-state index contributed by atoms with van der Waals surface area (Å²) in [6, 6.07) is 18.4. The van der Waals surface area contributed by atoms with Crippen LogP contribution >= 0.6 is 15.9 Å². The third kappa shape index (κ3) is 3.76. The van der Waals surface area contributed by atoms with Crippen molar-refractivity contribution in [2.24, 2.45) is 4.99 Å². The van der Waals surface area contributed by atoms with Gasteiger partial charge in [-0.3, -0.25) is 9.55 Å². The molecule has 1 aliphatic heterocycles. The van der Waals surface area contributed by atoms with Crippen LogP contribution in [0.3, 0.4) is 0 Å². The van der Waals surface area contributed by atoms with Gasteiger partial charge in [0, 0.05) is 16.3 Å². The van der Waals surface area contributed by atoms with Gasteiger partial charge in [0.15, 0.2) is 0 Å². The molecule has 6 rings (SSSR count). The first-order valence-corrected chi connectivity index (χ1v) is 14.2. The van der Waals surface area contributed by atoms with Crippen LogP contribution in [0.5, 0.6) is 0 Å². The van der Waals surface area contributed by atoms with Gasteiger partial charge in [-0.05, 0) is 94.2 Å². The van der Waals surface area contributed by atoms with Crippen molar-refractivity contribution in [2.75, 3.05) is 0 Å². The maximum absolute atomic E-state index is 12.4. The molecular weight excluding hydrogens is 534 g/mol. The fourth-order valence-electron chi connectivity index (χ4n) is 5.66. The number of hydrogen-bond donors (Lipinski definition) is 1. The second-order valence-electron chi connectivity index (χ2n) is 9.35. The van der Waals surface area contributed by atoms with E-state index in [-0.39, 0.29) is 0 Å². The smallest absolute Gasteiger partial charge is 0.283 e. The Bertz CT molecular complexity index is 1640. The molecule has 3 aliphatic rings. The van der Waals surface area contributed by atoms with E-state index in [4.69, 9.17) is 0 Å². The van der Waals surface area contributed by atoms with Gasteiger partial charge in [-0.15, -0.1) is 0 Å². The number of halogens is 1. The molecule has 2 aliphatic carbocycles. The van der Waals surface area contributed by atoms with Crippen LogP contribution in [0, 0.1) is 0 Å². The lowest BCUT2D eigenvalue weighted by Crippen LogP contribution is -2.31. The number of benzene rings is 3. The average Bonchev–Trinajstić information content (AvgIpc) is 3.15. The van der Waals surface area contributed by atoms with E-state index in [9.17, 15) is 13.0 Å². The molecule has 1 N–H and O–H groups in total. The molecule has 0 fully saturated rings. The quantitative estimate of drug-likeness (QED) is 0.341. The zero-order valence-corrected chi connectivity index (χ0v) is 21.9. The van der Waals surface area contributed by atoms with Crippen molar-refractivity contribution in [1.29, 1.82) is 0 Å². The van der Waals surface area contributed by atoms with E-state index in [0.717, 1.165) is 35.7 Å². The van der Waals surface area contributed by atoms with Crippen molar-refractivity contribution < 1.29 is 13.0 Å². The Labute approximate surface area is 219 Å². The largest absolute Gasteiger partial charge is 0.299 e. The monoisotopic (exact) mass is 557 g/mol. The molecule has 0 saturated carbocycles. The topological polar surface area (TPSA) is 66.7 Å². The summed E-state index contributed by atoms with van der Waals surface area (Å²) in [7, 11) is -4.53. The molecule has 0 amide bonds. The average molecular weight is 558 g/mol. The zero-order chi connectivity index (χ0) is 24.9. The summed E-state index contributed by atoms with van der Waals surface area (Å²) in [5.41, 5.74) is 8.10. The summed E-state index contributed by atoms with van der Waals surface area (Å²) in [6.45, 7) is 0. The highest BCUT2D eigenvalue weighted by Crippen LogP contribution is 2.47. The Hall–Kier alpha value is -3.06. The van der Waals surface area contributed by atoms with E-state index >= 15 is 0 Å². The van der Waals surface area contributed by atoms with E-state index in [1.54, 1.807) is 30.4 Å². The first kappa shape index (κ1) is 23.3. The molecule has 0 bridgehead atoms. The fraction of sp³-hybridized carbons (Fsp3) is 0.167. The molecule has 0 aromatic heterocycles.